The molecule has 2 atom stereocenters. The monoisotopic (exact) mass is 524 g/mol. The summed E-state index contributed by atoms with van der Waals surface area (Å²) in [6, 6.07) is 5.22. The highest BCUT2D eigenvalue weighted by Crippen LogP contribution is 2.35. The second kappa shape index (κ2) is 8.71. The van der Waals surface area contributed by atoms with Gasteiger partial charge in [0.15, 0.2) is 10.5 Å². The number of hydrogen-bond donors (Lipinski definition) is 2. The van der Waals surface area contributed by atoms with Crippen LogP contribution in [0, 0.1) is 11.3 Å². The van der Waals surface area contributed by atoms with Gasteiger partial charge in [-0.25, -0.2) is 21.9 Å². The van der Waals surface area contributed by atoms with Gasteiger partial charge in [0.2, 0.25) is 15.2 Å². The Morgan fingerprint density at radius 3 is 2.57 bits per heavy atom. The third-order valence-electron chi connectivity index (χ3n) is 5.89. The van der Waals surface area contributed by atoms with E-state index in [0.717, 1.165) is 0 Å². The lowest BCUT2D eigenvalue weighted by atomic mass is 10.0. The molecular weight excluding hydrogens is 502 g/mol. The van der Waals surface area contributed by atoms with Crippen LogP contribution in [0.25, 0.3) is 16.0 Å². The first-order valence-electron chi connectivity index (χ1n) is 10.8. The van der Waals surface area contributed by atoms with Crippen LogP contribution in [0.2, 0.25) is 0 Å². The molecule has 3 aromatic rings. The van der Waals surface area contributed by atoms with Crippen molar-refractivity contribution in [3.05, 3.63) is 23.3 Å². The Morgan fingerprint density at radius 1 is 1.29 bits per heavy atom. The van der Waals surface area contributed by atoms with Crippen LogP contribution in [0.15, 0.2) is 23.2 Å². The number of sulfonamides is 1. The molecule has 0 spiro atoms. The Labute approximate surface area is 203 Å². The van der Waals surface area contributed by atoms with Crippen molar-refractivity contribution in [1.29, 1.82) is 5.26 Å². The maximum absolute atomic E-state index is 13.4. The topological polar surface area (TPSA) is 138 Å². The van der Waals surface area contributed by atoms with E-state index in [1.54, 1.807) is 12.3 Å². The van der Waals surface area contributed by atoms with E-state index < -0.39 is 27.0 Å². The van der Waals surface area contributed by atoms with Gasteiger partial charge in [-0.15, -0.1) is 10.2 Å². The first kappa shape index (κ1) is 23.9. The molecule has 4 heterocycles. The summed E-state index contributed by atoms with van der Waals surface area (Å²) in [4.78, 5) is 1.98. The van der Waals surface area contributed by atoms with Gasteiger partial charge in [-0.05, 0) is 26.0 Å². The number of benzene rings is 1. The molecule has 0 bridgehead atoms. The molecule has 2 fully saturated rings. The number of anilines is 1. The zero-order valence-corrected chi connectivity index (χ0v) is 20.4. The molecule has 0 unspecified atom stereocenters. The molecule has 2 aliphatic heterocycles. The summed E-state index contributed by atoms with van der Waals surface area (Å²) in [5.74, 6) is 0. The van der Waals surface area contributed by atoms with Crippen LogP contribution < -0.4 is 14.9 Å². The van der Waals surface area contributed by atoms with Gasteiger partial charge in [0.1, 0.15) is 0 Å². The lowest BCUT2D eigenvalue weighted by molar-refractivity contribution is -0.0324. The van der Waals surface area contributed by atoms with Crippen LogP contribution >= 0.6 is 11.3 Å². The number of fused-ring (bicyclic) bond motifs is 1. The van der Waals surface area contributed by atoms with Crippen LogP contribution in [-0.4, -0.2) is 72.3 Å². The van der Waals surface area contributed by atoms with E-state index in [4.69, 9.17) is 4.74 Å². The van der Waals surface area contributed by atoms with Crippen molar-refractivity contribution in [3.8, 4) is 11.2 Å². The van der Waals surface area contributed by atoms with Crippen LogP contribution in [0.3, 0.4) is 0 Å². The molecular formula is C20H22F2N8O3S2. The van der Waals surface area contributed by atoms with Crippen molar-refractivity contribution in [2.75, 3.05) is 31.2 Å². The van der Waals surface area contributed by atoms with E-state index in [2.05, 4.69) is 30.2 Å². The average molecular weight is 525 g/mol. The largest absolute Gasteiger partial charge is 0.375 e. The summed E-state index contributed by atoms with van der Waals surface area (Å²) >= 11 is 0.675. The Bertz CT molecular complexity index is 1400. The molecule has 2 aliphatic rings. The molecule has 2 aromatic heterocycles. The van der Waals surface area contributed by atoms with E-state index in [9.17, 15) is 22.5 Å². The Hall–Kier alpha value is -2.77. The lowest BCUT2D eigenvalue weighted by Crippen LogP contribution is -2.61. The second-order valence-corrected chi connectivity index (χ2v) is 11.5. The van der Waals surface area contributed by atoms with Crippen molar-refractivity contribution in [2.45, 2.75) is 42.8 Å². The minimum Gasteiger partial charge on any atom is -0.375 e. The van der Waals surface area contributed by atoms with E-state index in [-0.39, 0.29) is 35.3 Å². The molecule has 1 aromatic carbocycles. The van der Waals surface area contributed by atoms with Crippen LogP contribution in [0.5, 0.6) is 0 Å². The summed E-state index contributed by atoms with van der Waals surface area (Å²) in [7, 11) is -4.14. The summed E-state index contributed by atoms with van der Waals surface area (Å²) in [5.41, 5.74) is -0.337. The molecule has 11 nitrogen and oxygen atoms in total. The number of ether oxygens (including phenoxy) is 1. The normalized spacial score (nSPS) is 22.3. The van der Waals surface area contributed by atoms with Crippen LogP contribution in [0.1, 0.15) is 25.3 Å². The highest BCUT2D eigenvalue weighted by Gasteiger charge is 2.43. The molecule has 2 saturated heterocycles. The number of nitrogens with one attached hydrogen (secondary N) is 2. The van der Waals surface area contributed by atoms with E-state index >= 15 is 0 Å². The molecule has 35 heavy (non-hydrogen) atoms. The molecule has 0 amide bonds. The Kier molecular flexibility index (Phi) is 5.96. The van der Waals surface area contributed by atoms with Gasteiger partial charge in [0, 0.05) is 36.2 Å². The van der Waals surface area contributed by atoms with Crippen LogP contribution in [-0.2, 0) is 14.8 Å². The zero-order valence-electron chi connectivity index (χ0n) is 18.8. The van der Waals surface area contributed by atoms with Crippen molar-refractivity contribution in [1.82, 2.24) is 30.0 Å². The molecule has 2 N–H and O–H groups in total. The summed E-state index contributed by atoms with van der Waals surface area (Å²) in [6.07, 6.45) is -1.22. The number of piperazine rings is 1. The molecule has 0 aliphatic carbocycles. The summed E-state index contributed by atoms with van der Waals surface area (Å²) in [5, 5.41) is 24.9. The molecule has 0 saturated carbocycles. The summed E-state index contributed by atoms with van der Waals surface area (Å²) < 4.78 is 61.8. The highest BCUT2D eigenvalue weighted by atomic mass is 32.2. The number of alkyl halides is 2. The standard InChI is InChI=1S/C20H22F2N8O3S2/c1-11-6-29(7-12(2)25-11)15-3-13(35(31,32)28-20(8-23)9-33-10-20)4-16-14(15)5-24-30(16)19-27-26-18(34-19)17(21)22/h3-5,11-12,17,25,28H,6-7,9-10H2,1-2H3/t11-,12-/m0/s1. The van der Waals surface area contributed by atoms with Crippen molar-refractivity contribution >= 4 is 38.0 Å². The lowest BCUT2D eigenvalue weighted by Gasteiger charge is -2.38. The Morgan fingerprint density at radius 2 is 2.00 bits per heavy atom. The van der Waals surface area contributed by atoms with Gasteiger partial charge >= 0.3 is 0 Å². The van der Waals surface area contributed by atoms with Gasteiger partial charge < -0.3 is 15.0 Å². The molecule has 15 heteroatoms. The van der Waals surface area contributed by atoms with E-state index in [1.807, 2.05) is 19.9 Å². The van der Waals surface area contributed by atoms with E-state index in [0.29, 0.717) is 41.0 Å². The van der Waals surface area contributed by atoms with E-state index in [1.165, 1.54) is 10.7 Å². The number of nitrogens with zero attached hydrogens (tertiary/aromatic N) is 6. The minimum atomic E-state index is -4.14. The SMILES string of the molecule is C[C@H]1CN(c2cc(S(=O)(=O)NC3(C#N)COC3)cc3c2cnn3-c2nnc(C(F)F)s2)C[C@H](C)N1. The van der Waals surface area contributed by atoms with Gasteiger partial charge in [0.25, 0.3) is 6.43 Å². The number of rotatable bonds is 6. The van der Waals surface area contributed by atoms with Crippen molar-refractivity contribution in [2.24, 2.45) is 0 Å². The number of hydrogen-bond acceptors (Lipinski definition) is 10. The minimum absolute atomic E-state index is 0.0518. The zero-order chi connectivity index (χ0) is 25.0. The fourth-order valence-corrected chi connectivity index (χ4v) is 6.35. The summed E-state index contributed by atoms with van der Waals surface area (Å²) in [6.45, 7) is 5.20. The predicted octanol–water partition coefficient (Wildman–Crippen LogP) is 1.57. The van der Waals surface area contributed by atoms with Crippen molar-refractivity contribution < 1.29 is 21.9 Å². The van der Waals surface area contributed by atoms with Crippen LogP contribution in [0.4, 0.5) is 14.5 Å². The first-order chi connectivity index (χ1) is 16.6. The maximum Gasteiger partial charge on any atom is 0.291 e. The number of aromatic nitrogens is 4. The molecule has 5 rings (SSSR count). The molecule has 186 valence electrons. The average Bonchev–Trinajstić information content (AvgIpc) is 3.42. The van der Waals surface area contributed by atoms with Gasteiger partial charge in [-0.1, -0.05) is 11.3 Å². The fraction of sp³-hybridized carbons (Fsp3) is 0.500. The number of halogens is 2. The third kappa shape index (κ3) is 4.36. The fourth-order valence-electron chi connectivity index (χ4n) is 4.34. The predicted molar refractivity (Wildman–Crippen MR) is 123 cm³/mol. The second-order valence-electron chi connectivity index (χ2n) is 8.82. The first-order valence-corrected chi connectivity index (χ1v) is 13.1. The smallest absolute Gasteiger partial charge is 0.291 e. The number of nitriles is 1. The highest BCUT2D eigenvalue weighted by molar-refractivity contribution is 7.89. The third-order valence-corrected chi connectivity index (χ3v) is 8.31. The van der Waals surface area contributed by atoms with Gasteiger partial charge in [0.05, 0.1) is 35.9 Å². The van der Waals surface area contributed by atoms with Gasteiger partial charge in [-0.2, -0.15) is 15.1 Å². The van der Waals surface area contributed by atoms with Crippen molar-refractivity contribution in [3.63, 3.8) is 0 Å². The maximum atomic E-state index is 13.4. The quantitative estimate of drug-likeness (QED) is 0.492. The Balaban J connectivity index is 1.66. The van der Waals surface area contributed by atoms with Gasteiger partial charge in [-0.3, -0.25) is 0 Å². The molecule has 0 radical (unpaired) electrons.